The van der Waals surface area contributed by atoms with Gasteiger partial charge < -0.3 is 33.6 Å². The molecule has 7 rings (SSSR count). The molecule has 0 bridgehead atoms. The Balaban J connectivity index is 1.37. The van der Waals surface area contributed by atoms with Crippen LogP contribution in [0, 0.1) is 5.92 Å². The third-order valence-corrected chi connectivity index (χ3v) is 10.2. The molecular formula is C41H42N5O7P. The number of anilines is 1. The highest BCUT2D eigenvalue weighted by Gasteiger charge is 2.51. The average molecular weight is 748 g/mol. The van der Waals surface area contributed by atoms with Gasteiger partial charge in [0.1, 0.15) is 43.0 Å². The number of carbonyl (C=O) groups excluding carboxylic acids is 1. The first-order chi connectivity index (χ1) is 26.1. The molecule has 1 unspecified atom stereocenters. The molecule has 6 aromatic rings. The number of imidazole rings is 1. The number of fused-ring (bicyclic) bond motifs is 1. The number of methoxy groups -OCH3 is 2. The molecular weight excluding hydrogens is 705 g/mol. The van der Waals surface area contributed by atoms with E-state index in [1.165, 1.54) is 6.33 Å². The maximum Gasteiger partial charge on any atom is 0.256 e. The number of benzene rings is 4. The second kappa shape index (κ2) is 15.5. The lowest BCUT2D eigenvalue weighted by atomic mass is 9.79. The van der Waals surface area contributed by atoms with Crippen molar-refractivity contribution < 1.29 is 33.0 Å². The number of amides is 1. The Bertz CT molecular complexity index is 2200. The summed E-state index contributed by atoms with van der Waals surface area (Å²) >= 11 is 0. The zero-order valence-corrected chi connectivity index (χ0v) is 31.6. The first-order valence-corrected chi connectivity index (χ1v) is 20.3. The molecule has 0 spiro atoms. The van der Waals surface area contributed by atoms with Crippen molar-refractivity contribution in [3.05, 3.63) is 144 Å². The zero-order valence-electron chi connectivity index (χ0n) is 30.7. The minimum atomic E-state index is -2.58. The van der Waals surface area contributed by atoms with Crippen molar-refractivity contribution in [2.75, 3.05) is 39.2 Å². The van der Waals surface area contributed by atoms with Gasteiger partial charge in [0.2, 0.25) is 0 Å². The molecule has 1 fully saturated rings. The van der Waals surface area contributed by atoms with Gasteiger partial charge in [-0.2, -0.15) is 0 Å². The van der Waals surface area contributed by atoms with Gasteiger partial charge in [0, 0.05) is 11.5 Å². The third-order valence-electron chi connectivity index (χ3n) is 9.44. The van der Waals surface area contributed by atoms with Crippen LogP contribution in [0.5, 0.6) is 11.5 Å². The predicted molar refractivity (Wildman–Crippen MR) is 205 cm³/mol. The lowest BCUT2D eigenvalue weighted by molar-refractivity contribution is -0.157. The Labute approximate surface area is 313 Å². The molecule has 278 valence electrons. The van der Waals surface area contributed by atoms with Crippen molar-refractivity contribution in [3.8, 4) is 11.5 Å². The Kier molecular flexibility index (Phi) is 10.6. The molecule has 1 N–H and O–H groups in total. The lowest BCUT2D eigenvalue weighted by Crippen LogP contribution is -2.41. The largest absolute Gasteiger partial charge is 0.497 e. The molecule has 0 aliphatic carbocycles. The van der Waals surface area contributed by atoms with E-state index in [0.29, 0.717) is 28.2 Å². The molecule has 0 saturated carbocycles. The molecule has 4 atom stereocenters. The van der Waals surface area contributed by atoms with Gasteiger partial charge in [-0.3, -0.25) is 9.36 Å². The molecule has 3 heterocycles. The lowest BCUT2D eigenvalue weighted by Gasteiger charge is -2.40. The first-order valence-electron chi connectivity index (χ1n) is 17.5. The summed E-state index contributed by atoms with van der Waals surface area (Å²) in [6.07, 6.45) is 0.646. The molecule has 1 saturated heterocycles. The van der Waals surface area contributed by atoms with E-state index in [4.69, 9.17) is 23.7 Å². The van der Waals surface area contributed by atoms with Crippen molar-refractivity contribution in [3.63, 3.8) is 0 Å². The second-order valence-electron chi connectivity index (χ2n) is 13.6. The van der Waals surface area contributed by atoms with Crippen LogP contribution >= 0.6 is 7.14 Å². The summed E-state index contributed by atoms with van der Waals surface area (Å²) < 4.78 is 46.3. The highest BCUT2D eigenvalue weighted by atomic mass is 31.2. The van der Waals surface area contributed by atoms with Crippen LogP contribution in [0.4, 0.5) is 5.82 Å². The molecule has 1 amide bonds. The quantitative estimate of drug-likeness (QED) is 0.0932. The van der Waals surface area contributed by atoms with Gasteiger partial charge in [0.15, 0.2) is 29.5 Å². The summed E-state index contributed by atoms with van der Waals surface area (Å²) in [6, 6.07) is 34.4. The van der Waals surface area contributed by atoms with E-state index in [1.807, 2.05) is 91.9 Å². The SMILES string of the molecule is COc1ccc(C(O[C@H]2C(C)[C@@H](OCP(C)(C)=O)O[C@H]2n2cnc3c(NC(=O)c4ccccc4)ncnc32)(c2ccccc2)c2ccc(OC)cc2)cc1. The van der Waals surface area contributed by atoms with Crippen LogP contribution in [0.2, 0.25) is 0 Å². The number of nitrogens with one attached hydrogen (secondary N) is 1. The molecule has 1 aliphatic rings. The second-order valence-corrected chi connectivity index (χ2v) is 17.0. The standard InChI is InChI=1S/C41H42N5O7P/c1-27-35(53-41(29-14-10-7-11-15-29,30-16-20-32(49-2)21-17-30)31-18-22-33(50-3)23-19-31)39(52-40(27)51-26-54(4,5)48)46-25-44-34-36(42-24-43-37(34)46)45-38(47)28-12-8-6-9-13-28/h6-25,27,35,39-40H,26H2,1-5H3,(H,42,43,45,47)/t27?,35-,39+,40-/m0/s1. The summed E-state index contributed by atoms with van der Waals surface area (Å²) in [7, 11) is 0.683. The van der Waals surface area contributed by atoms with Crippen molar-refractivity contribution >= 4 is 30.0 Å². The third kappa shape index (κ3) is 7.38. The zero-order chi connectivity index (χ0) is 37.9. The van der Waals surface area contributed by atoms with E-state index in [9.17, 15) is 9.36 Å². The van der Waals surface area contributed by atoms with Crippen LogP contribution in [0.3, 0.4) is 0 Å². The van der Waals surface area contributed by atoms with Crippen LogP contribution in [0.25, 0.3) is 11.2 Å². The molecule has 0 radical (unpaired) electrons. The van der Waals surface area contributed by atoms with E-state index < -0.39 is 37.3 Å². The van der Waals surface area contributed by atoms with Gasteiger partial charge in [0.25, 0.3) is 5.91 Å². The number of hydrogen-bond donors (Lipinski definition) is 1. The first kappa shape index (κ1) is 36.9. The highest BCUT2D eigenvalue weighted by molar-refractivity contribution is 7.62. The molecule has 1 aliphatic heterocycles. The van der Waals surface area contributed by atoms with E-state index in [0.717, 1.165) is 16.7 Å². The fourth-order valence-corrected chi connectivity index (χ4v) is 7.22. The van der Waals surface area contributed by atoms with Gasteiger partial charge in [0.05, 0.1) is 20.5 Å². The number of aromatic nitrogens is 4. The Morgan fingerprint density at radius 1 is 0.815 bits per heavy atom. The van der Waals surface area contributed by atoms with Gasteiger partial charge in [-0.15, -0.1) is 0 Å². The maximum atomic E-state index is 13.1. The Morgan fingerprint density at radius 3 is 1.96 bits per heavy atom. The fraction of sp³-hybridized carbons (Fsp3) is 0.268. The number of nitrogens with zero attached hydrogens (tertiary/aromatic N) is 4. The molecule has 2 aromatic heterocycles. The minimum Gasteiger partial charge on any atom is -0.497 e. The van der Waals surface area contributed by atoms with Crippen LogP contribution in [-0.2, 0) is 24.4 Å². The van der Waals surface area contributed by atoms with Crippen LogP contribution in [-0.4, -0.2) is 71.7 Å². The molecule has 54 heavy (non-hydrogen) atoms. The summed E-state index contributed by atoms with van der Waals surface area (Å²) in [6.45, 7) is 5.35. The van der Waals surface area contributed by atoms with Gasteiger partial charge >= 0.3 is 0 Å². The fourth-order valence-electron chi connectivity index (χ4n) is 6.72. The van der Waals surface area contributed by atoms with Crippen LogP contribution < -0.4 is 14.8 Å². The number of ether oxygens (including phenoxy) is 5. The average Bonchev–Trinajstić information content (AvgIpc) is 3.77. The van der Waals surface area contributed by atoms with Crippen molar-refractivity contribution in [1.29, 1.82) is 0 Å². The monoisotopic (exact) mass is 747 g/mol. The van der Waals surface area contributed by atoms with Crippen LogP contribution in [0.15, 0.2) is 122 Å². The Morgan fingerprint density at radius 2 is 1.39 bits per heavy atom. The van der Waals surface area contributed by atoms with E-state index in [-0.39, 0.29) is 18.1 Å². The highest BCUT2D eigenvalue weighted by Crippen LogP contribution is 2.49. The number of hydrogen-bond acceptors (Lipinski definition) is 10. The Hall–Kier alpha value is -5.39. The normalized spacial score (nSPS) is 18.8. The topological polar surface area (TPSA) is 136 Å². The summed E-state index contributed by atoms with van der Waals surface area (Å²) in [5.41, 5.74) is 2.61. The summed E-state index contributed by atoms with van der Waals surface area (Å²) in [4.78, 5) is 26.8. The van der Waals surface area contributed by atoms with Gasteiger partial charge in [-0.1, -0.05) is 79.7 Å². The number of carbonyl (C=O) groups is 1. The van der Waals surface area contributed by atoms with E-state index in [1.54, 1.807) is 62.7 Å². The van der Waals surface area contributed by atoms with Crippen molar-refractivity contribution in [2.24, 2.45) is 5.92 Å². The minimum absolute atomic E-state index is 0.0186. The van der Waals surface area contributed by atoms with Crippen molar-refractivity contribution in [2.45, 2.75) is 31.1 Å². The maximum absolute atomic E-state index is 13.1. The predicted octanol–water partition coefficient (Wildman–Crippen LogP) is 7.56. The molecule has 4 aromatic carbocycles. The van der Waals surface area contributed by atoms with E-state index >= 15 is 0 Å². The van der Waals surface area contributed by atoms with E-state index in [2.05, 4.69) is 20.3 Å². The summed E-state index contributed by atoms with van der Waals surface area (Å²) in [5.74, 6) is 0.917. The van der Waals surface area contributed by atoms with Gasteiger partial charge in [-0.05, 0) is 66.4 Å². The summed E-state index contributed by atoms with van der Waals surface area (Å²) in [5, 5.41) is 2.88. The van der Waals surface area contributed by atoms with Gasteiger partial charge in [-0.25, -0.2) is 15.0 Å². The van der Waals surface area contributed by atoms with Crippen LogP contribution in [0.1, 0.15) is 40.2 Å². The van der Waals surface area contributed by atoms with Crippen molar-refractivity contribution in [1.82, 2.24) is 19.5 Å². The molecule has 13 heteroatoms. The number of rotatable bonds is 13. The smallest absolute Gasteiger partial charge is 0.256 e. The molecule has 12 nitrogen and oxygen atoms in total.